The molecule has 0 amide bonds. The Bertz CT molecular complexity index is 211. The lowest BCUT2D eigenvalue weighted by Crippen LogP contribution is -2.47. The second-order valence-corrected chi connectivity index (χ2v) is 5.02. The maximum Gasteiger partial charge on any atom is 0.310 e. The molecular formula is C11H21NO2. The lowest BCUT2D eigenvalue weighted by Gasteiger charge is -2.39. The van der Waals surface area contributed by atoms with Crippen LogP contribution in [0, 0.1) is 11.3 Å². The summed E-state index contributed by atoms with van der Waals surface area (Å²) in [6.45, 7) is 5.94. The Morgan fingerprint density at radius 2 is 2.21 bits per heavy atom. The fourth-order valence-corrected chi connectivity index (χ4v) is 2.57. The van der Waals surface area contributed by atoms with Crippen LogP contribution in [-0.4, -0.2) is 36.1 Å². The molecular weight excluding hydrogens is 178 g/mol. The first-order chi connectivity index (χ1) is 6.46. The van der Waals surface area contributed by atoms with Crippen molar-refractivity contribution in [1.82, 2.24) is 4.90 Å². The maximum absolute atomic E-state index is 11.3. The molecule has 0 spiro atoms. The van der Waals surface area contributed by atoms with Gasteiger partial charge in [0.05, 0.1) is 5.41 Å². The number of likely N-dealkylation sites (tertiary alicyclic amines) is 1. The molecule has 1 saturated heterocycles. The third-order valence-electron chi connectivity index (χ3n) is 3.02. The smallest absolute Gasteiger partial charge is 0.310 e. The van der Waals surface area contributed by atoms with E-state index in [4.69, 9.17) is 0 Å². The molecule has 0 aromatic carbocycles. The molecule has 3 heteroatoms. The molecule has 0 saturated carbocycles. The van der Waals surface area contributed by atoms with E-state index in [1.54, 1.807) is 0 Å². The van der Waals surface area contributed by atoms with Gasteiger partial charge in [0.2, 0.25) is 0 Å². The average molecular weight is 199 g/mol. The first-order valence-electron chi connectivity index (χ1n) is 5.38. The monoisotopic (exact) mass is 199 g/mol. The summed E-state index contributed by atoms with van der Waals surface area (Å²) in [4.78, 5) is 13.5. The number of carboxylic acids is 1. The average Bonchev–Trinajstić information content (AvgIpc) is 2.02. The highest BCUT2D eigenvalue weighted by Gasteiger charge is 2.41. The Morgan fingerprint density at radius 3 is 2.64 bits per heavy atom. The van der Waals surface area contributed by atoms with Crippen molar-refractivity contribution in [3.8, 4) is 0 Å². The zero-order chi connectivity index (χ0) is 10.8. The Hall–Kier alpha value is -0.570. The van der Waals surface area contributed by atoms with Crippen LogP contribution in [0.3, 0.4) is 0 Å². The Balaban J connectivity index is 2.75. The van der Waals surface area contributed by atoms with Gasteiger partial charge >= 0.3 is 5.97 Å². The topological polar surface area (TPSA) is 40.5 Å². The van der Waals surface area contributed by atoms with Crippen molar-refractivity contribution < 1.29 is 9.90 Å². The minimum absolute atomic E-state index is 0.456. The van der Waals surface area contributed by atoms with Crippen LogP contribution >= 0.6 is 0 Å². The van der Waals surface area contributed by atoms with E-state index in [9.17, 15) is 9.90 Å². The van der Waals surface area contributed by atoms with E-state index in [0.29, 0.717) is 12.5 Å². The molecule has 1 N–H and O–H groups in total. The van der Waals surface area contributed by atoms with Crippen LogP contribution in [0.2, 0.25) is 0 Å². The van der Waals surface area contributed by atoms with Crippen molar-refractivity contribution in [2.75, 3.05) is 20.1 Å². The van der Waals surface area contributed by atoms with E-state index in [-0.39, 0.29) is 0 Å². The van der Waals surface area contributed by atoms with Crippen molar-refractivity contribution in [3.05, 3.63) is 0 Å². The Labute approximate surface area is 86.1 Å². The van der Waals surface area contributed by atoms with Gasteiger partial charge in [0.25, 0.3) is 0 Å². The molecule has 1 fully saturated rings. The summed E-state index contributed by atoms with van der Waals surface area (Å²) < 4.78 is 0. The first kappa shape index (κ1) is 11.5. The molecule has 1 aliphatic heterocycles. The fourth-order valence-electron chi connectivity index (χ4n) is 2.57. The lowest BCUT2D eigenvalue weighted by molar-refractivity contribution is -0.153. The van der Waals surface area contributed by atoms with E-state index in [1.807, 2.05) is 7.05 Å². The molecule has 1 unspecified atom stereocenters. The molecule has 1 rings (SSSR count). The normalized spacial score (nSPS) is 29.4. The highest BCUT2D eigenvalue weighted by Crippen LogP contribution is 2.35. The van der Waals surface area contributed by atoms with Crippen LogP contribution < -0.4 is 0 Å². The zero-order valence-corrected chi connectivity index (χ0v) is 9.42. The van der Waals surface area contributed by atoms with Crippen LogP contribution in [0.5, 0.6) is 0 Å². The quantitative estimate of drug-likeness (QED) is 0.754. The van der Waals surface area contributed by atoms with Crippen LogP contribution in [0.15, 0.2) is 0 Å². The van der Waals surface area contributed by atoms with Crippen molar-refractivity contribution >= 4 is 5.97 Å². The molecule has 0 radical (unpaired) electrons. The van der Waals surface area contributed by atoms with Gasteiger partial charge in [-0.2, -0.15) is 0 Å². The third kappa shape index (κ3) is 2.47. The molecule has 14 heavy (non-hydrogen) atoms. The molecule has 1 atom stereocenters. The van der Waals surface area contributed by atoms with Crippen molar-refractivity contribution in [3.63, 3.8) is 0 Å². The zero-order valence-electron chi connectivity index (χ0n) is 9.42. The van der Waals surface area contributed by atoms with Gasteiger partial charge in [0, 0.05) is 6.54 Å². The summed E-state index contributed by atoms with van der Waals surface area (Å²) in [7, 11) is 2.01. The van der Waals surface area contributed by atoms with Crippen molar-refractivity contribution in [2.24, 2.45) is 11.3 Å². The predicted octanol–water partition coefficient (Wildman–Crippen LogP) is 1.83. The van der Waals surface area contributed by atoms with E-state index in [0.717, 1.165) is 25.8 Å². The maximum atomic E-state index is 11.3. The number of carboxylic acid groups (broad SMARTS) is 1. The number of nitrogens with zero attached hydrogens (tertiary/aromatic N) is 1. The van der Waals surface area contributed by atoms with Crippen LogP contribution in [0.25, 0.3) is 0 Å². The van der Waals surface area contributed by atoms with Gasteiger partial charge in [-0.05, 0) is 38.8 Å². The van der Waals surface area contributed by atoms with E-state index < -0.39 is 11.4 Å². The summed E-state index contributed by atoms with van der Waals surface area (Å²) in [5.74, 6) is -0.157. The molecule has 0 aliphatic carbocycles. The molecule has 0 aromatic heterocycles. The molecule has 3 nitrogen and oxygen atoms in total. The van der Waals surface area contributed by atoms with Gasteiger partial charge in [-0.1, -0.05) is 13.8 Å². The number of hydrogen-bond donors (Lipinski definition) is 1. The first-order valence-corrected chi connectivity index (χ1v) is 5.38. The molecule has 0 bridgehead atoms. The van der Waals surface area contributed by atoms with E-state index in [1.165, 1.54) is 0 Å². The second-order valence-electron chi connectivity index (χ2n) is 5.02. The lowest BCUT2D eigenvalue weighted by atomic mass is 9.74. The van der Waals surface area contributed by atoms with Crippen LogP contribution in [-0.2, 0) is 4.79 Å². The van der Waals surface area contributed by atoms with Gasteiger partial charge in [-0.15, -0.1) is 0 Å². The predicted molar refractivity (Wildman–Crippen MR) is 56.3 cm³/mol. The molecule has 0 aromatic rings. The summed E-state index contributed by atoms with van der Waals surface area (Å²) in [6, 6.07) is 0. The number of aliphatic carboxylic acids is 1. The minimum Gasteiger partial charge on any atom is -0.481 e. The number of piperidine rings is 1. The SMILES string of the molecule is CC(C)CC1(C(=O)O)CCCN(C)C1. The van der Waals surface area contributed by atoms with Gasteiger partial charge in [-0.3, -0.25) is 4.79 Å². The summed E-state index contributed by atoms with van der Waals surface area (Å²) in [5, 5.41) is 9.33. The Kier molecular flexibility index (Phi) is 3.53. The number of rotatable bonds is 3. The van der Waals surface area contributed by atoms with Crippen molar-refractivity contribution in [2.45, 2.75) is 33.1 Å². The largest absolute Gasteiger partial charge is 0.481 e. The summed E-state index contributed by atoms with van der Waals surface area (Å²) in [6.07, 6.45) is 2.65. The van der Waals surface area contributed by atoms with E-state index in [2.05, 4.69) is 18.7 Å². The highest BCUT2D eigenvalue weighted by molar-refractivity contribution is 5.75. The number of carbonyl (C=O) groups is 1. The Morgan fingerprint density at radius 1 is 1.57 bits per heavy atom. The van der Waals surface area contributed by atoms with Gasteiger partial charge < -0.3 is 10.0 Å². The number of hydrogen-bond acceptors (Lipinski definition) is 2. The van der Waals surface area contributed by atoms with Crippen LogP contribution in [0.1, 0.15) is 33.1 Å². The summed E-state index contributed by atoms with van der Waals surface area (Å²) in [5.41, 5.74) is -0.485. The van der Waals surface area contributed by atoms with Gasteiger partial charge in [0.15, 0.2) is 0 Å². The molecule has 82 valence electrons. The fraction of sp³-hybridized carbons (Fsp3) is 0.909. The summed E-state index contributed by atoms with van der Waals surface area (Å²) >= 11 is 0. The van der Waals surface area contributed by atoms with Crippen LogP contribution in [0.4, 0.5) is 0 Å². The third-order valence-corrected chi connectivity index (χ3v) is 3.02. The minimum atomic E-state index is -0.613. The van der Waals surface area contributed by atoms with Gasteiger partial charge in [0.1, 0.15) is 0 Å². The second kappa shape index (κ2) is 4.30. The highest BCUT2D eigenvalue weighted by atomic mass is 16.4. The van der Waals surface area contributed by atoms with Gasteiger partial charge in [-0.25, -0.2) is 0 Å². The van der Waals surface area contributed by atoms with E-state index >= 15 is 0 Å². The molecule has 1 heterocycles. The standard InChI is InChI=1S/C11H21NO2/c1-9(2)7-11(10(13)14)5-4-6-12(3)8-11/h9H,4-8H2,1-3H3,(H,13,14). The van der Waals surface area contributed by atoms with Crippen molar-refractivity contribution in [1.29, 1.82) is 0 Å². The molecule has 1 aliphatic rings.